The van der Waals surface area contributed by atoms with Gasteiger partial charge in [0, 0.05) is 37.3 Å². The first-order valence-corrected chi connectivity index (χ1v) is 8.32. The van der Waals surface area contributed by atoms with E-state index in [-0.39, 0.29) is 23.6 Å². The van der Waals surface area contributed by atoms with Gasteiger partial charge in [-0.05, 0) is 50.8 Å². The van der Waals surface area contributed by atoms with E-state index in [4.69, 9.17) is 0 Å². The van der Waals surface area contributed by atoms with Crippen LogP contribution in [0, 0.1) is 23.0 Å². The Morgan fingerprint density at radius 2 is 2.29 bits per heavy atom. The second-order valence-electron chi connectivity index (χ2n) is 6.50. The van der Waals surface area contributed by atoms with E-state index >= 15 is 0 Å². The lowest BCUT2D eigenvalue weighted by Crippen LogP contribution is -2.40. The summed E-state index contributed by atoms with van der Waals surface area (Å²) in [5.41, 5.74) is 1.29. The van der Waals surface area contributed by atoms with Crippen LogP contribution in [0.3, 0.4) is 0 Å². The van der Waals surface area contributed by atoms with E-state index in [1.807, 2.05) is 6.92 Å². The fraction of sp³-hybridized carbons (Fsp3) is 0.588. The molecular weight excluding hydrogens is 310 g/mol. The van der Waals surface area contributed by atoms with Crippen LogP contribution in [0.1, 0.15) is 31.7 Å². The third-order valence-corrected chi connectivity index (χ3v) is 4.57. The van der Waals surface area contributed by atoms with Gasteiger partial charge in [-0.2, -0.15) is 0 Å². The highest BCUT2D eigenvalue weighted by atomic mass is 16.6. The van der Waals surface area contributed by atoms with E-state index in [0.29, 0.717) is 24.2 Å². The van der Waals surface area contributed by atoms with E-state index in [2.05, 4.69) is 10.2 Å². The molecular formula is C17H25N3O4. The van der Waals surface area contributed by atoms with Crippen molar-refractivity contribution in [2.75, 3.05) is 25.0 Å². The van der Waals surface area contributed by atoms with Crippen LogP contribution in [0.4, 0.5) is 11.4 Å². The topological polar surface area (TPSA) is 95.7 Å². The Kier molecular flexibility index (Phi) is 6.28. The summed E-state index contributed by atoms with van der Waals surface area (Å²) in [5, 5.41) is 23.3. The lowest BCUT2D eigenvalue weighted by molar-refractivity contribution is -0.384. The molecule has 132 valence electrons. The van der Waals surface area contributed by atoms with Gasteiger partial charge < -0.3 is 15.3 Å². The van der Waals surface area contributed by atoms with Gasteiger partial charge in [0.15, 0.2) is 0 Å². The molecule has 2 rings (SSSR count). The van der Waals surface area contributed by atoms with Crippen LogP contribution in [-0.2, 0) is 4.79 Å². The normalized spacial score (nSPS) is 19.7. The van der Waals surface area contributed by atoms with Gasteiger partial charge in [-0.3, -0.25) is 14.9 Å². The van der Waals surface area contributed by atoms with Gasteiger partial charge in [0.1, 0.15) is 0 Å². The number of carbonyl (C=O) groups is 1. The quantitative estimate of drug-likeness (QED) is 0.614. The highest BCUT2D eigenvalue weighted by Crippen LogP contribution is 2.22. The van der Waals surface area contributed by atoms with Crippen molar-refractivity contribution in [3.8, 4) is 0 Å². The molecule has 1 aromatic carbocycles. The number of nitro groups is 1. The molecule has 1 aliphatic heterocycles. The van der Waals surface area contributed by atoms with Crippen molar-refractivity contribution in [3.63, 3.8) is 0 Å². The predicted octanol–water partition coefficient (Wildman–Crippen LogP) is 2.32. The van der Waals surface area contributed by atoms with Crippen molar-refractivity contribution in [2.45, 2.75) is 39.2 Å². The molecule has 7 heteroatoms. The molecule has 0 bridgehead atoms. The van der Waals surface area contributed by atoms with Crippen LogP contribution < -0.4 is 5.32 Å². The summed E-state index contributed by atoms with van der Waals surface area (Å²) in [6.07, 6.45) is 2.12. The van der Waals surface area contributed by atoms with Crippen LogP contribution >= 0.6 is 0 Å². The Morgan fingerprint density at radius 1 is 1.54 bits per heavy atom. The van der Waals surface area contributed by atoms with Gasteiger partial charge in [-0.1, -0.05) is 0 Å². The maximum atomic E-state index is 12.1. The van der Waals surface area contributed by atoms with E-state index in [9.17, 15) is 20.0 Å². The van der Waals surface area contributed by atoms with Crippen LogP contribution in [0.25, 0.3) is 0 Å². The summed E-state index contributed by atoms with van der Waals surface area (Å²) in [6, 6.07) is 4.41. The summed E-state index contributed by atoms with van der Waals surface area (Å²) >= 11 is 0. The van der Waals surface area contributed by atoms with Crippen molar-refractivity contribution in [2.24, 2.45) is 5.92 Å². The Bertz CT molecular complexity index is 603. The minimum Gasteiger partial charge on any atom is -0.393 e. The molecule has 0 radical (unpaired) electrons. The number of benzene rings is 1. The van der Waals surface area contributed by atoms with Crippen molar-refractivity contribution in [1.82, 2.24) is 4.90 Å². The number of aryl methyl sites for hydroxylation is 1. The highest BCUT2D eigenvalue weighted by molar-refractivity contribution is 5.91. The number of nitro benzene ring substituents is 1. The molecule has 0 aliphatic carbocycles. The molecule has 0 spiro atoms. The largest absolute Gasteiger partial charge is 0.393 e. The molecule has 0 saturated carbocycles. The Morgan fingerprint density at radius 3 is 2.92 bits per heavy atom. The average molecular weight is 335 g/mol. The van der Waals surface area contributed by atoms with Crippen LogP contribution in [0.5, 0.6) is 0 Å². The number of aliphatic hydroxyl groups is 1. The molecule has 2 N–H and O–H groups in total. The first-order chi connectivity index (χ1) is 11.4. The Hall–Kier alpha value is -1.99. The SMILES string of the molecule is Cc1cc([N+](=O)[O-])ccc1NC(=O)CCN1CCCC(C(C)O)C1. The maximum Gasteiger partial charge on any atom is 0.269 e. The lowest BCUT2D eigenvalue weighted by Gasteiger charge is -2.33. The molecule has 1 aromatic rings. The first kappa shape index (κ1) is 18.4. The fourth-order valence-corrected chi connectivity index (χ4v) is 3.06. The van der Waals surface area contributed by atoms with Crippen molar-refractivity contribution >= 4 is 17.3 Å². The number of likely N-dealkylation sites (tertiary alicyclic amines) is 1. The van der Waals surface area contributed by atoms with Gasteiger partial charge in [-0.15, -0.1) is 0 Å². The van der Waals surface area contributed by atoms with E-state index < -0.39 is 4.92 Å². The third kappa shape index (κ3) is 5.01. The second-order valence-corrected chi connectivity index (χ2v) is 6.50. The van der Waals surface area contributed by atoms with Crippen LogP contribution in [0.2, 0.25) is 0 Å². The summed E-state index contributed by atoms with van der Waals surface area (Å²) in [5.74, 6) is 0.171. The Balaban J connectivity index is 1.84. The van der Waals surface area contributed by atoms with E-state index in [1.165, 1.54) is 12.1 Å². The molecule has 0 aromatic heterocycles. The molecule has 1 amide bonds. The number of hydrogen-bond donors (Lipinski definition) is 2. The number of nitrogens with zero attached hydrogens (tertiary/aromatic N) is 2. The standard InChI is InChI=1S/C17H25N3O4/c1-12-10-15(20(23)24)5-6-16(12)18-17(22)7-9-19-8-3-4-14(11-19)13(2)21/h5-6,10,13-14,21H,3-4,7-9,11H2,1-2H3,(H,18,22). The van der Waals surface area contributed by atoms with Crippen molar-refractivity contribution in [1.29, 1.82) is 0 Å². The van der Waals surface area contributed by atoms with E-state index in [0.717, 1.165) is 25.9 Å². The van der Waals surface area contributed by atoms with Crippen molar-refractivity contribution < 1.29 is 14.8 Å². The van der Waals surface area contributed by atoms with Gasteiger partial charge in [0.05, 0.1) is 11.0 Å². The summed E-state index contributed by atoms with van der Waals surface area (Å²) in [4.78, 5) is 24.6. The summed E-state index contributed by atoms with van der Waals surface area (Å²) < 4.78 is 0. The number of aliphatic hydroxyl groups excluding tert-OH is 1. The van der Waals surface area contributed by atoms with Gasteiger partial charge in [0.25, 0.3) is 5.69 Å². The minimum atomic E-state index is -0.451. The number of amides is 1. The second kappa shape index (κ2) is 8.21. The summed E-state index contributed by atoms with van der Waals surface area (Å²) in [7, 11) is 0. The molecule has 7 nitrogen and oxygen atoms in total. The number of rotatable bonds is 6. The predicted molar refractivity (Wildman–Crippen MR) is 91.9 cm³/mol. The Labute approximate surface area is 141 Å². The smallest absolute Gasteiger partial charge is 0.269 e. The zero-order valence-corrected chi connectivity index (χ0v) is 14.2. The fourth-order valence-electron chi connectivity index (χ4n) is 3.06. The zero-order valence-electron chi connectivity index (χ0n) is 14.2. The number of carbonyl (C=O) groups excluding carboxylic acids is 1. The maximum absolute atomic E-state index is 12.1. The zero-order chi connectivity index (χ0) is 17.7. The molecule has 24 heavy (non-hydrogen) atoms. The molecule has 1 heterocycles. The monoisotopic (exact) mass is 335 g/mol. The third-order valence-electron chi connectivity index (χ3n) is 4.57. The van der Waals surface area contributed by atoms with Crippen LogP contribution in [0.15, 0.2) is 18.2 Å². The molecule has 2 atom stereocenters. The van der Waals surface area contributed by atoms with Crippen LogP contribution in [-0.4, -0.2) is 46.6 Å². The average Bonchev–Trinajstić information content (AvgIpc) is 2.55. The van der Waals surface area contributed by atoms with Crippen molar-refractivity contribution in [3.05, 3.63) is 33.9 Å². The lowest BCUT2D eigenvalue weighted by atomic mass is 9.93. The first-order valence-electron chi connectivity index (χ1n) is 8.32. The summed E-state index contributed by atoms with van der Waals surface area (Å²) in [6.45, 7) is 5.98. The molecule has 1 saturated heterocycles. The van der Waals surface area contributed by atoms with Gasteiger partial charge in [0.2, 0.25) is 5.91 Å². The number of nitrogens with one attached hydrogen (secondary N) is 1. The number of piperidine rings is 1. The molecule has 1 fully saturated rings. The van der Waals surface area contributed by atoms with Gasteiger partial charge in [-0.25, -0.2) is 0 Å². The molecule has 1 aliphatic rings. The number of non-ortho nitro benzene ring substituents is 1. The number of anilines is 1. The van der Waals surface area contributed by atoms with E-state index in [1.54, 1.807) is 13.0 Å². The van der Waals surface area contributed by atoms with Gasteiger partial charge >= 0.3 is 0 Å². The minimum absolute atomic E-state index is 0.0166. The highest BCUT2D eigenvalue weighted by Gasteiger charge is 2.23. The number of hydrogen-bond acceptors (Lipinski definition) is 5. The molecule has 2 unspecified atom stereocenters.